The van der Waals surface area contributed by atoms with Crippen LogP contribution in [0.3, 0.4) is 0 Å². The molecule has 84 valence electrons. The maximum absolute atomic E-state index is 11.2. The summed E-state index contributed by atoms with van der Waals surface area (Å²) in [5.41, 5.74) is 0. The molecule has 0 bridgehead atoms. The number of hydrogen-bond acceptors (Lipinski definition) is 6. The van der Waals surface area contributed by atoms with Crippen molar-refractivity contribution >= 4 is 5.97 Å². The molecule has 0 spiro atoms. The summed E-state index contributed by atoms with van der Waals surface area (Å²) < 4.78 is 9.43. The molecule has 1 atom stereocenters. The van der Waals surface area contributed by atoms with Crippen molar-refractivity contribution < 1.29 is 14.1 Å². The van der Waals surface area contributed by atoms with Crippen molar-refractivity contribution in [2.24, 2.45) is 0 Å². The molecule has 0 aliphatic heterocycles. The number of nitrogens with one attached hydrogen (secondary N) is 1. The summed E-state index contributed by atoms with van der Waals surface area (Å²) in [6.45, 7) is 4.01. The number of esters is 1. The SMILES string of the molecule is CCC(NCc1noc(C)n1)C(=O)OC. The van der Waals surface area contributed by atoms with Gasteiger partial charge in [-0.15, -0.1) is 0 Å². The zero-order chi connectivity index (χ0) is 11.3. The van der Waals surface area contributed by atoms with E-state index in [1.165, 1.54) is 7.11 Å². The average Bonchev–Trinajstić information content (AvgIpc) is 2.64. The normalized spacial score (nSPS) is 12.5. The van der Waals surface area contributed by atoms with E-state index in [2.05, 4.69) is 20.2 Å². The first-order valence-electron chi connectivity index (χ1n) is 4.77. The lowest BCUT2D eigenvalue weighted by Crippen LogP contribution is -2.36. The van der Waals surface area contributed by atoms with E-state index in [1.807, 2.05) is 6.92 Å². The van der Waals surface area contributed by atoms with Crippen molar-refractivity contribution in [1.29, 1.82) is 0 Å². The molecule has 0 radical (unpaired) electrons. The fourth-order valence-electron chi connectivity index (χ4n) is 1.16. The Morgan fingerprint density at radius 3 is 2.87 bits per heavy atom. The summed E-state index contributed by atoms with van der Waals surface area (Å²) in [4.78, 5) is 15.2. The zero-order valence-electron chi connectivity index (χ0n) is 9.11. The minimum atomic E-state index is -0.325. The van der Waals surface area contributed by atoms with Gasteiger partial charge in [0.15, 0.2) is 5.82 Å². The van der Waals surface area contributed by atoms with Gasteiger partial charge in [0, 0.05) is 6.92 Å². The van der Waals surface area contributed by atoms with Gasteiger partial charge in [0.1, 0.15) is 6.04 Å². The molecule has 0 fully saturated rings. The summed E-state index contributed by atoms with van der Waals surface area (Å²) in [5, 5.41) is 6.70. The van der Waals surface area contributed by atoms with Crippen LogP contribution in [0, 0.1) is 6.92 Å². The molecular formula is C9H15N3O3. The van der Waals surface area contributed by atoms with E-state index < -0.39 is 0 Å². The standard InChI is InChI=1S/C9H15N3O3/c1-4-7(9(13)14-3)10-5-8-11-6(2)15-12-8/h7,10H,4-5H2,1-3H3. The van der Waals surface area contributed by atoms with Crippen LogP contribution in [-0.2, 0) is 16.1 Å². The maximum atomic E-state index is 11.2. The summed E-state index contributed by atoms with van der Waals surface area (Å²) in [5.74, 6) is 0.769. The van der Waals surface area contributed by atoms with E-state index in [4.69, 9.17) is 4.52 Å². The number of aromatic nitrogens is 2. The molecule has 1 rings (SSSR count). The van der Waals surface area contributed by atoms with Crippen LogP contribution in [0.5, 0.6) is 0 Å². The number of ether oxygens (including phenoxy) is 1. The van der Waals surface area contributed by atoms with Crippen molar-refractivity contribution in [3.63, 3.8) is 0 Å². The average molecular weight is 213 g/mol. The highest BCUT2D eigenvalue weighted by molar-refractivity contribution is 5.75. The van der Waals surface area contributed by atoms with E-state index in [1.54, 1.807) is 6.92 Å². The Bertz CT molecular complexity index is 324. The summed E-state index contributed by atoms with van der Waals surface area (Å²) >= 11 is 0. The minimum absolute atomic E-state index is 0.280. The summed E-state index contributed by atoms with van der Waals surface area (Å²) in [6, 6.07) is -0.325. The highest BCUT2D eigenvalue weighted by Gasteiger charge is 2.16. The van der Waals surface area contributed by atoms with Crippen LogP contribution >= 0.6 is 0 Å². The highest BCUT2D eigenvalue weighted by Crippen LogP contribution is 1.98. The second kappa shape index (κ2) is 5.45. The second-order valence-electron chi connectivity index (χ2n) is 3.09. The fourth-order valence-corrected chi connectivity index (χ4v) is 1.16. The number of carbonyl (C=O) groups is 1. The number of hydrogen-bond donors (Lipinski definition) is 1. The third-order valence-corrected chi connectivity index (χ3v) is 1.97. The van der Waals surface area contributed by atoms with Crippen molar-refractivity contribution in [3.05, 3.63) is 11.7 Å². The predicted octanol–water partition coefficient (Wildman–Crippen LogP) is 0.419. The van der Waals surface area contributed by atoms with Crippen LogP contribution in [0.15, 0.2) is 4.52 Å². The maximum Gasteiger partial charge on any atom is 0.322 e. The van der Waals surface area contributed by atoms with Gasteiger partial charge >= 0.3 is 5.97 Å². The van der Waals surface area contributed by atoms with Crippen LogP contribution in [0.2, 0.25) is 0 Å². The zero-order valence-corrected chi connectivity index (χ0v) is 9.11. The highest BCUT2D eigenvalue weighted by atomic mass is 16.5. The van der Waals surface area contributed by atoms with Crippen LogP contribution in [0.1, 0.15) is 25.1 Å². The van der Waals surface area contributed by atoms with Gasteiger partial charge in [-0.2, -0.15) is 4.98 Å². The molecule has 0 saturated heterocycles. The molecule has 0 saturated carbocycles. The molecule has 1 unspecified atom stereocenters. The fraction of sp³-hybridized carbons (Fsp3) is 0.667. The van der Waals surface area contributed by atoms with E-state index in [9.17, 15) is 4.79 Å². The Balaban J connectivity index is 2.44. The smallest absolute Gasteiger partial charge is 0.322 e. The van der Waals surface area contributed by atoms with Gasteiger partial charge in [-0.3, -0.25) is 10.1 Å². The first-order valence-corrected chi connectivity index (χ1v) is 4.77. The number of aryl methyl sites for hydroxylation is 1. The van der Waals surface area contributed by atoms with E-state index >= 15 is 0 Å². The molecule has 1 aromatic rings. The first-order chi connectivity index (χ1) is 7.17. The molecular weight excluding hydrogens is 198 g/mol. The molecule has 1 heterocycles. The Morgan fingerprint density at radius 2 is 2.40 bits per heavy atom. The largest absolute Gasteiger partial charge is 0.468 e. The third-order valence-electron chi connectivity index (χ3n) is 1.97. The predicted molar refractivity (Wildman–Crippen MR) is 52.0 cm³/mol. The van der Waals surface area contributed by atoms with Crippen molar-refractivity contribution in [2.45, 2.75) is 32.9 Å². The molecule has 1 aromatic heterocycles. The number of methoxy groups -OCH3 is 1. The Labute approximate surface area is 88.0 Å². The van der Waals surface area contributed by atoms with Gasteiger partial charge in [-0.1, -0.05) is 12.1 Å². The van der Waals surface area contributed by atoms with Crippen LogP contribution in [0.4, 0.5) is 0 Å². The lowest BCUT2D eigenvalue weighted by atomic mass is 10.2. The molecule has 0 aliphatic carbocycles. The Hall–Kier alpha value is -1.43. The quantitative estimate of drug-likeness (QED) is 0.714. The van der Waals surface area contributed by atoms with Gasteiger partial charge in [0.2, 0.25) is 5.89 Å². The molecule has 15 heavy (non-hydrogen) atoms. The second-order valence-corrected chi connectivity index (χ2v) is 3.09. The summed E-state index contributed by atoms with van der Waals surface area (Å²) in [7, 11) is 1.37. The van der Waals surface area contributed by atoms with Gasteiger partial charge in [-0.25, -0.2) is 0 Å². The van der Waals surface area contributed by atoms with E-state index in [-0.39, 0.29) is 12.0 Å². The van der Waals surface area contributed by atoms with Crippen LogP contribution in [0.25, 0.3) is 0 Å². The minimum Gasteiger partial charge on any atom is -0.468 e. The van der Waals surface area contributed by atoms with Gasteiger partial charge in [0.05, 0.1) is 13.7 Å². The Morgan fingerprint density at radius 1 is 1.67 bits per heavy atom. The monoisotopic (exact) mass is 213 g/mol. The van der Waals surface area contributed by atoms with Crippen molar-refractivity contribution in [2.75, 3.05) is 7.11 Å². The van der Waals surface area contributed by atoms with Crippen molar-refractivity contribution in [3.8, 4) is 0 Å². The molecule has 1 N–H and O–H groups in total. The third kappa shape index (κ3) is 3.32. The molecule has 0 amide bonds. The molecule has 0 aromatic carbocycles. The van der Waals surface area contributed by atoms with Crippen molar-refractivity contribution in [1.82, 2.24) is 15.5 Å². The molecule has 6 heteroatoms. The molecule has 0 aliphatic rings. The van der Waals surface area contributed by atoms with Crippen LogP contribution in [-0.4, -0.2) is 29.3 Å². The topological polar surface area (TPSA) is 77.3 Å². The van der Waals surface area contributed by atoms with Crippen LogP contribution < -0.4 is 5.32 Å². The number of carbonyl (C=O) groups excluding carboxylic acids is 1. The molecule has 6 nitrogen and oxygen atoms in total. The lowest BCUT2D eigenvalue weighted by molar-refractivity contribution is -0.143. The van der Waals surface area contributed by atoms with E-state index in [0.717, 1.165) is 0 Å². The van der Waals surface area contributed by atoms with E-state index in [0.29, 0.717) is 24.7 Å². The number of rotatable bonds is 5. The van der Waals surface area contributed by atoms with Gasteiger partial charge in [-0.05, 0) is 6.42 Å². The lowest BCUT2D eigenvalue weighted by Gasteiger charge is -2.12. The van der Waals surface area contributed by atoms with Gasteiger partial charge in [0.25, 0.3) is 0 Å². The number of nitrogens with zero attached hydrogens (tertiary/aromatic N) is 2. The van der Waals surface area contributed by atoms with Gasteiger partial charge < -0.3 is 9.26 Å². The first kappa shape index (κ1) is 11.6. The Kier molecular flexibility index (Phi) is 4.23. The summed E-state index contributed by atoms with van der Waals surface area (Å²) in [6.07, 6.45) is 0.656.